The molecule has 2 bridgehead atoms. The van der Waals surface area contributed by atoms with Crippen LogP contribution < -0.4 is 4.90 Å². The molecule has 0 unspecified atom stereocenters. The third-order valence-electron chi connectivity index (χ3n) is 6.76. The highest BCUT2D eigenvalue weighted by atomic mass is 16.4. The van der Waals surface area contributed by atoms with Gasteiger partial charge in [0.2, 0.25) is 0 Å². The summed E-state index contributed by atoms with van der Waals surface area (Å²) >= 11 is 0. The number of aryl methyl sites for hydroxylation is 1. The first-order valence-electron chi connectivity index (χ1n) is 10.1. The van der Waals surface area contributed by atoms with Crippen LogP contribution in [0.3, 0.4) is 0 Å². The van der Waals surface area contributed by atoms with E-state index in [9.17, 15) is 9.59 Å². The van der Waals surface area contributed by atoms with E-state index in [1.165, 1.54) is 38.9 Å². The Bertz CT molecular complexity index is 681. The monoisotopic (exact) mass is 371 g/mol. The first-order chi connectivity index (χ1) is 13.0. The van der Waals surface area contributed by atoms with Crippen LogP contribution in [0.5, 0.6) is 0 Å². The van der Waals surface area contributed by atoms with Crippen molar-refractivity contribution in [2.45, 2.75) is 38.5 Å². The number of urea groups is 1. The average Bonchev–Trinajstić information content (AvgIpc) is 3.07. The number of hydrogen-bond acceptors (Lipinski definition) is 3. The number of amides is 2. The number of carbonyl (C=O) groups excluding carboxylic acids is 1. The Kier molecular flexibility index (Phi) is 5.08. The molecule has 0 aliphatic carbocycles. The fraction of sp³-hybridized carbons (Fsp3) is 0.619. The summed E-state index contributed by atoms with van der Waals surface area (Å²) in [4.78, 5) is 30.0. The van der Waals surface area contributed by atoms with Crippen molar-refractivity contribution in [2.75, 3.05) is 44.2 Å². The molecule has 1 aromatic rings. The van der Waals surface area contributed by atoms with Gasteiger partial charge < -0.3 is 14.9 Å². The second-order valence-corrected chi connectivity index (χ2v) is 8.32. The molecule has 4 heterocycles. The number of carboxylic acids is 1. The summed E-state index contributed by atoms with van der Waals surface area (Å²) in [6.45, 7) is 6.08. The normalized spacial score (nSPS) is 27.4. The first kappa shape index (κ1) is 18.3. The Labute approximate surface area is 160 Å². The summed E-state index contributed by atoms with van der Waals surface area (Å²) in [6, 6.07) is 7.85. The molecule has 0 saturated carbocycles. The molecule has 0 radical (unpaired) electrons. The highest BCUT2D eigenvalue weighted by Gasteiger charge is 2.40. The summed E-state index contributed by atoms with van der Waals surface area (Å²) in [5.74, 6) is -0.785. The Balaban J connectivity index is 1.32. The van der Waals surface area contributed by atoms with Crippen molar-refractivity contribution in [1.82, 2.24) is 9.80 Å². The van der Waals surface area contributed by atoms with Crippen LogP contribution in [0.15, 0.2) is 24.3 Å². The number of carbonyl (C=O) groups is 2. The molecule has 0 aromatic heterocycles. The predicted molar refractivity (Wildman–Crippen MR) is 104 cm³/mol. The third kappa shape index (κ3) is 3.95. The van der Waals surface area contributed by atoms with Gasteiger partial charge in [-0.05, 0) is 74.8 Å². The van der Waals surface area contributed by atoms with Crippen molar-refractivity contribution in [1.29, 1.82) is 0 Å². The maximum atomic E-state index is 12.8. The minimum atomic E-state index is -0.785. The SMILES string of the molecule is O=C(O)CCc1ccc(N2CCN(CCC34CCN(CC3)CC4)C2=O)cc1. The van der Waals surface area contributed by atoms with Crippen LogP contribution in [0.25, 0.3) is 0 Å². The lowest BCUT2D eigenvalue weighted by molar-refractivity contribution is -0.136. The van der Waals surface area contributed by atoms with Crippen LogP contribution in [0.4, 0.5) is 10.5 Å². The van der Waals surface area contributed by atoms with Crippen LogP contribution in [-0.4, -0.2) is 66.2 Å². The highest BCUT2D eigenvalue weighted by molar-refractivity contribution is 5.94. The smallest absolute Gasteiger partial charge is 0.324 e. The van der Waals surface area contributed by atoms with E-state index in [1.807, 2.05) is 34.1 Å². The molecule has 6 nitrogen and oxygen atoms in total. The van der Waals surface area contributed by atoms with Gasteiger partial charge in [-0.25, -0.2) is 4.79 Å². The molecule has 0 atom stereocenters. The Morgan fingerprint density at radius 2 is 1.67 bits per heavy atom. The molecule has 2 amide bonds. The molecule has 6 heteroatoms. The van der Waals surface area contributed by atoms with Crippen LogP contribution >= 0.6 is 0 Å². The van der Waals surface area contributed by atoms with E-state index in [4.69, 9.17) is 5.11 Å². The van der Waals surface area contributed by atoms with Crippen molar-refractivity contribution < 1.29 is 14.7 Å². The molecule has 1 N–H and O–H groups in total. The Hall–Kier alpha value is -2.08. The maximum absolute atomic E-state index is 12.8. The van der Waals surface area contributed by atoms with E-state index >= 15 is 0 Å². The van der Waals surface area contributed by atoms with Crippen molar-refractivity contribution in [2.24, 2.45) is 5.41 Å². The number of aliphatic carboxylic acids is 1. The van der Waals surface area contributed by atoms with E-state index in [-0.39, 0.29) is 12.5 Å². The van der Waals surface area contributed by atoms with Crippen molar-refractivity contribution in [3.63, 3.8) is 0 Å². The van der Waals surface area contributed by atoms with Gasteiger partial charge in [-0.3, -0.25) is 9.69 Å². The quantitative estimate of drug-likeness (QED) is 0.800. The van der Waals surface area contributed by atoms with Crippen LogP contribution in [0, 0.1) is 5.41 Å². The Morgan fingerprint density at radius 1 is 1.00 bits per heavy atom. The van der Waals surface area contributed by atoms with E-state index < -0.39 is 5.97 Å². The topological polar surface area (TPSA) is 64.1 Å². The van der Waals surface area contributed by atoms with Crippen LogP contribution in [0.2, 0.25) is 0 Å². The van der Waals surface area contributed by atoms with Gasteiger partial charge in [-0.1, -0.05) is 12.1 Å². The standard InChI is InChI=1S/C21H29N3O3/c25-19(26)6-3-17-1-4-18(5-2-17)24-16-15-23(20(24)27)14-10-21-7-11-22(12-8-21)13-9-21/h1-2,4-5H,3,6-16H2,(H,25,26). The zero-order chi connectivity index (χ0) is 18.9. The zero-order valence-corrected chi connectivity index (χ0v) is 15.9. The number of nitrogens with zero attached hydrogens (tertiary/aromatic N) is 3. The number of rotatable bonds is 7. The van der Waals surface area contributed by atoms with Gasteiger partial charge in [0, 0.05) is 31.7 Å². The van der Waals surface area contributed by atoms with Gasteiger partial charge in [-0.2, -0.15) is 0 Å². The number of hydrogen-bond donors (Lipinski definition) is 1. The summed E-state index contributed by atoms with van der Waals surface area (Å²) in [6.07, 6.45) is 5.66. The largest absolute Gasteiger partial charge is 0.481 e. The molecule has 1 aromatic carbocycles. The first-order valence-corrected chi connectivity index (χ1v) is 10.1. The van der Waals surface area contributed by atoms with Crippen molar-refractivity contribution in [3.8, 4) is 0 Å². The molecule has 4 fully saturated rings. The van der Waals surface area contributed by atoms with Gasteiger partial charge in [0.1, 0.15) is 0 Å². The number of anilines is 1. The second-order valence-electron chi connectivity index (χ2n) is 8.32. The lowest BCUT2D eigenvalue weighted by atomic mass is 9.70. The Morgan fingerprint density at radius 3 is 2.30 bits per heavy atom. The zero-order valence-electron chi connectivity index (χ0n) is 15.9. The van der Waals surface area contributed by atoms with Crippen molar-refractivity contribution >= 4 is 17.7 Å². The minimum Gasteiger partial charge on any atom is -0.481 e. The molecule has 4 saturated heterocycles. The molecule has 4 aliphatic rings. The molecule has 0 spiro atoms. The fourth-order valence-electron chi connectivity index (χ4n) is 4.77. The summed E-state index contributed by atoms with van der Waals surface area (Å²) in [5.41, 5.74) is 2.37. The number of carboxylic acid groups (broad SMARTS) is 1. The van der Waals surface area contributed by atoms with Crippen LogP contribution in [-0.2, 0) is 11.2 Å². The minimum absolute atomic E-state index is 0.109. The maximum Gasteiger partial charge on any atom is 0.324 e. The highest BCUT2D eigenvalue weighted by Crippen LogP contribution is 2.43. The van der Waals surface area contributed by atoms with Crippen LogP contribution in [0.1, 0.15) is 37.7 Å². The fourth-order valence-corrected chi connectivity index (χ4v) is 4.77. The molecular formula is C21H29N3O3. The molecule has 5 rings (SSSR count). The summed E-state index contributed by atoms with van der Waals surface area (Å²) in [7, 11) is 0. The third-order valence-corrected chi connectivity index (χ3v) is 6.76. The molecule has 27 heavy (non-hydrogen) atoms. The van der Waals surface area contributed by atoms with E-state index in [1.54, 1.807) is 0 Å². The van der Waals surface area contributed by atoms with Gasteiger partial charge in [-0.15, -0.1) is 0 Å². The predicted octanol–water partition coefficient (Wildman–Crippen LogP) is 2.82. The summed E-state index contributed by atoms with van der Waals surface area (Å²) < 4.78 is 0. The lowest BCUT2D eigenvalue weighted by Gasteiger charge is -2.49. The van der Waals surface area contributed by atoms with E-state index in [0.717, 1.165) is 37.3 Å². The van der Waals surface area contributed by atoms with Gasteiger partial charge in [0.05, 0.1) is 0 Å². The second kappa shape index (κ2) is 7.50. The number of benzene rings is 1. The number of fused-ring (bicyclic) bond motifs is 3. The van der Waals surface area contributed by atoms with Gasteiger partial charge in [0.25, 0.3) is 0 Å². The van der Waals surface area contributed by atoms with Crippen molar-refractivity contribution in [3.05, 3.63) is 29.8 Å². The summed E-state index contributed by atoms with van der Waals surface area (Å²) in [5, 5.41) is 8.79. The van der Waals surface area contributed by atoms with Gasteiger partial charge >= 0.3 is 12.0 Å². The molecule has 146 valence electrons. The number of piperidine rings is 3. The van der Waals surface area contributed by atoms with E-state index in [0.29, 0.717) is 11.8 Å². The average molecular weight is 371 g/mol. The lowest BCUT2D eigenvalue weighted by Crippen LogP contribution is -2.49. The molecule has 4 aliphatic heterocycles. The van der Waals surface area contributed by atoms with E-state index in [2.05, 4.69) is 4.90 Å². The molecular weight excluding hydrogens is 342 g/mol. The van der Waals surface area contributed by atoms with Gasteiger partial charge in [0.15, 0.2) is 0 Å².